The molecule has 2 rings (SSSR count). The Labute approximate surface area is 148 Å². The minimum absolute atomic E-state index is 0. The lowest BCUT2D eigenvalue weighted by Crippen LogP contribution is -2.37. The Bertz CT molecular complexity index is 522. The maximum atomic E-state index is 11.4. The fourth-order valence-electron chi connectivity index (χ4n) is 1.99. The number of benzene rings is 1. The zero-order valence-electron chi connectivity index (χ0n) is 12.9. The predicted molar refractivity (Wildman–Crippen MR) is 97.8 cm³/mol. The molecular formula is C15H23IN4O2. The smallest absolute Gasteiger partial charge is 0.257 e. The van der Waals surface area contributed by atoms with Crippen molar-refractivity contribution in [3.8, 4) is 5.75 Å². The second kappa shape index (κ2) is 9.50. The Hall–Kier alpha value is -1.51. The van der Waals surface area contributed by atoms with Gasteiger partial charge in [-0.2, -0.15) is 0 Å². The number of ether oxygens (including phenoxy) is 1. The van der Waals surface area contributed by atoms with Crippen LogP contribution in [0.4, 0.5) is 0 Å². The zero-order valence-corrected chi connectivity index (χ0v) is 15.2. The SMILES string of the molecule is CCNC(=O)COc1cccc(CNC2=NCC(C)N2)c1.I. The van der Waals surface area contributed by atoms with E-state index in [1.165, 1.54) is 0 Å². The Kier molecular flexibility index (Phi) is 8.00. The summed E-state index contributed by atoms with van der Waals surface area (Å²) in [5.41, 5.74) is 1.08. The average molecular weight is 418 g/mol. The van der Waals surface area contributed by atoms with Crippen LogP contribution < -0.4 is 20.7 Å². The van der Waals surface area contributed by atoms with Crippen LogP contribution in [0.3, 0.4) is 0 Å². The number of nitrogens with one attached hydrogen (secondary N) is 3. The quantitative estimate of drug-likeness (QED) is 0.609. The molecule has 0 radical (unpaired) electrons. The van der Waals surface area contributed by atoms with Crippen LogP contribution in [0.25, 0.3) is 0 Å². The molecule has 0 fully saturated rings. The number of rotatable bonds is 6. The molecule has 0 aromatic heterocycles. The molecule has 1 aliphatic rings. The molecule has 1 atom stereocenters. The van der Waals surface area contributed by atoms with E-state index < -0.39 is 0 Å². The second-order valence-corrected chi connectivity index (χ2v) is 4.98. The first-order valence-electron chi connectivity index (χ1n) is 7.20. The number of nitrogens with zero attached hydrogens (tertiary/aromatic N) is 1. The fraction of sp³-hybridized carbons (Fsp3) is 0.467. The lowest BCUT2D eigenvalue weighted by Gasteiger charge is -2.10. The number of likely N-dealkylation sites (N-methyl/N-ethyl adjacent to an activating group) is 1. The summed E-state index contributed by atoms with van der Waals surface area (Å²) in [7, 11) is 0. The van der Waals surface area contributed by atoms with Crippen molar-refractivity contribution in [2.45, 2.75) is 26.4 Å². The van der Waals surface area contributed by atoms with Crippen molar-refractivity contribution in [3.05, 3.63) is 29.8 Å². The van der Waals surface area contributed by atoms with Crippen LogP contribution in [-0.2, 0) is 11.3 Å². The van der Waals surface area contributed by atoms with Crippen molar-refractivity contribution < 1.29 is 9.53 Å². The third kappa shape index (κ3) is 6.08. The molecular weight excluding hydrogens is 395 g/mol. The first-order valence-corrected chi connectivity index (χ1v) is 7.20. The van der Waals surface area contributed by atoms with Crippen LogP contribution in [0.1, 0.15) is 19.4 Å². The molecule has 0 spiro atoms. The Balaban J connectivity index is 0.00000242. The highest BCUT2D eigenvalue weighted by atomic mass is 127. The van der Waals surface area contributed by atoms with Gasteiger partial charge in [0.1, 0.15) is 5.75 Å². The summed E-state index contributed by atoms with van der Waals surface area (Å²) in [6.45, 7) is 6.09. The number of halogens is 1. The van der Waals surface area contributed by atoms with Gasteiger partial charge in [-0.3, -0.25) is 9.79 Å². The van der Waals surface area contributed by atoms with E-state index in [9.17, 15) is 4.79 Å². The lowest BCUT2D eigenvalue weighted by atomic mass is 10.2. The molecule has 0 saturated carbocycles. The number of hydrogen-bond acceptors (Lipinski definition) is 5. The van der Waals surface area contributed by atoms with E-state index in [1.54, 1.807) is 0 Å². The number of aliphatic imine (C=N–C) groups is 1. The molecule has 1 heterocycles. The highest BCUT2D eigenvalue weighted by Crippen LogP contribution is 2.13. The van der Waals surface area contributed by atoms with Gasteiger partial charge in [-0.1, -0.05) is 12.1 Å². The Morgan fingerprint density at radius 3 is 3.00 bits per heavy atom. The van der Waals surface area contributed by atoms with Gasteiger partial charge < -0.3 is 20.7 Å². The van der Waals surface area contributed by atoms with Crippen molar-refractivity contribution in [2.24, 2.45) is 4.99 Å². The molecule has 3 N–H and O–H groups in total. The summed E-state index contributed by atoms with van der Waals surface area (Å²) >= 11 is 0. The summed E-state index contributed by atoms with van der Waals surface area (Å²) < 4.78 is 5.46. The van der Waals surface area contributed by atoms with E-state index in [0.717, 1.165) is 18.1 Å². The number of carbonyl (C=O) groups excluding carboxylic acids is 1. The number of amides is 1. The van der Waals surface area contributed by atoms with Crippen LogP contribution in [-0.4, -0.2) is 37.6 Å². The molecule has 0 saturated heterocycles. The average Bonchev–Trinajstić information content (AvgIpc) is 2.89. The molecule has 1 amide bonds. The zero-order chi connectivity index (χ0) is 15.1. The van der Waals surface area contributed by atoms with E-state index in [0.29, 0.717) is 24.9 Å². The monoisotopic (exact) mass is 418 g/mol. The van der Waals surface area contributed by atoms with Crippen LogP contribution in [0, 0.1) is 0 Å². The number of guanidine groups is 1. The molecule has 122 valence electrons. The molecule has 22 heavy (non-hydrogen) atoms. The Morgan fingerprint density at radius 1 is 1.50 bits per heavy atom. The van der Waals surface area contributed by atoms with Gasteiger partial charge >= 0.3 is 0 Å². The molecule has 0 bridgehead atoms. The van der Waals surface area contributed by atoms with Crippen molar-refractivity contribution >= 4 is 35.8 Å². The first-order chi connectivity index (χ1) is 10.2. The van der Waals surface area contributed by atoms with Crippen molar-refractivity contribution in [1.82, 2.24) is 16.0 Å². The summed E-state index contributed by atoms with van der Waals surface area (Å²) in [4.78, 5) is 15.7. The van der Waals surface area contributed by atoms with Crippen LogP contribution in [0.15, 0.2) is 29.3 Å². The highest BCUT2D eigenvalue weighted by Gasteiger charge is 2.11. The van der Waals surface area contributed by atoms with E-state index in [4.69, 9.17) is 4.74 Å². The van der Waals surface area contributed by atoms with Crippen LogP contribution >= 0.6 is 24.0 Å². The number of hydrogen-bond donors (Lipinski definition) is 3. The van der Waals surface area contributed by atoms with E-state index >= 15 is 0 Å². The van der Waals surface area contributed by atoms with E-state index in [1.807, 2.05) is 31.2 Å². The predicted octanol–water partition coefficient (Wildman–Crippen LogP) is 1.26. The minimum atomic E-state index is -0.112. The maximum absolute atomic E-state index is 11.4. The fourth-order valence-corrected chi connectivity index (χ4v) is 1.99. The second-order valence-electron chi connectivity index (χ2n) is 4.98. The summed E-state index contributed by atoms with van der Waals surface area (Å²) in [6, 6.07) is 8.07. The molecule has 1 aromatic rings. The molecule has 1 aromatic carbocycles. The van der Waals surface area contributed by atoms with Gasteiger partial charge in [-0.15, -0.1) is 24.0 Å². The van der Waals surface area contributed by atoms with Crippen molar-refractivity contribution in [1.29, 1.82) is 0 Å². The largest absolute Gasteiger partial charge is 0.484 e. The highest BCUT2D eigenvalue weighted by molar-refractivity contribution is 14.0. The van der Waals surface area contributed by atoms with Gasteiger partial charge in [0.15, 0.2) is 12.6 Å². The van der Waals surface area contributed by atoms with Crippen molar-refractivity contribution in [2.75, 3.05) is 19.7 Å². The van der Waals surface area contributed by atoms with Crippen molar-refractivity contribution in [3.63, 3.8) is 0 Å². The standard InChI is InChI=1S/C15H22N4O2.HI/c1-3-16-14(20)10-21-13-6-4-5-12(7-13)9-18-15-17-8-11(2)19-15;/h4-7,11H,3,8-10H2,1-2H3,(H,16,20)(H2,17,18,19);1H. The van der Waals surface area contributed by atoms with Gasteiger partial charge in [-0.25, -0.2) is 0 Å². The third-order valence-corrected chi connectivity index (χ3v) is 3.01. The lowest BCUT2D eigenvalue weighted by molar-refractivity contribution is -0.122. The molecule has 0 aliphatic carbocycles. The summed E-state index contributed by atoms with van der Waals surface area (Å²) in [6.07, 6.45) is 0. The van der Waals surface area contributed by atoms with Gasteiger partial charge in [-0.05, 0) is 31.5 Å². The topological polar surface area (TPSA) is 74.8 Å². The minimum Gasteiger partial charge on any atom is -0.484 e. The normalized spacial score (nSPS) is 16.1. The van der Waals surface area contributed by atoms with Gasteiger partial charge in [0.25, 0.3) is 5.91 Å². The first kappa shape index (κ1) is 18.5. The molecule has 6 nitrogen and oxygen atoms in total. The van der Waals surface area contributed by atoms with E-state index in [2.05, 4.69) is 27.9 Å². The van der Waals surface area contributed by atoms with Crippen LogP contribution in [0.2, 0.25) is 0 Å². The molecule has 1 unspecified atom stereocenters. The van der Waals surface area contributed by atoms with Gasteiger partial charge in [0, 0.05) is 19.1 Å². The van der Waals surface area contributed by atoms with Crippen LogP contribution in [0.5, 0.6) is 5.75 Å². The van der Waals surface area contributed by atoms with E-state index in [-0.39, 0.29) is 36.5 Å². The Morgan fingerprint density at radius 2 is 2.32 bits per heavy atom. The number of carbonyl (C=O) groups is 1. The molecule has 1 aliphatic heterocycles. The molecule has 7 heteroatoms. The summed E-state index contributed by atoms with van der Waals surface area (Å²) in [5.74, 6) is 1.41. The van der Waals surface area contributed by atoms with Gasteiger partial charge in [0.2, 0.25) is 0 Å². The summed E-state index contributed by atoms with van der Waals surface area (Å²) in [5, 5.41) is 9.19. The maximum Gasteiger partial charge on any atom is 0.257 e. The third-order valence-electron chi connectivity index (χ3n) is 3.01. The van der Waals surface area contributed by atoms with Gasteiger partial charge in [0.05, 0.1) is 6.54 Å².